The smallest absolute Gasteiger partial charge is 0.168 e. The van der Waals surface area contributed by atoms with Gasteiger partial charge in [-0.15, -0.1) is 0 Å². The van der Waals surface area contributed by atoms with Crippen molar-refractivity contribution >= 4 is 15.6 Å². The average Bonchev–Trinajstić information content (AvgIpc) is 2.15. The lowest BCUT2D eigenvalue weighted by Gasteiger charge is -2.05. The molecule has 0 aliphatic rings. The summed E-state index contributed by atoms with van der Waals surface area (Å²) >= 11 is 0. The van der Waals surface area contributed by atoms with E-state index < -0.39 is 10.7 Å². The predicted molar refractivity (Wildman–Crippen MR) is 64.4 cm³/mol. The van der Waals surface area contributed by atoms with Crippen LogP contribution in [0, 0.1) is 13.8 Å². The lowest BCUT2D eigenvalue weighted by Crippen LogP contribution is -1.91. The number of thiol groups is 1. The number of benzene rings is 1. The zero-order valence-electron chi connectivity index (χ0n) is 8.86. The van der Waals surface area contributed by atoms with E-state index in [1.165, 1.54) is 12.2 Å². The Hall–Kier alpha value is -1.35. The van der Waals surface area contributed by atoms with E-state index in [0.29, 0.717) is 4.91 Å². The van der Waals surface area contributed by atoms with Gasteiger partial charge in [0.05, 0.1) is 4.91 Å². The van der Waals surface area contributed by atoms with E-state index >= 15 is 0 Å². The second-order valence-corrected chi connectivity index (χ2v) is 4.36. The molecule has 0 N–H and O–H groups in total. The largest absolute Gasteiger partial charge is 0.227 e. The molecule has 0 bridgehead atoms. The highest BCUT2D eigenvalue weighted by Crippen LogP contribution is 2.20. The second-order valence-electron chi connectivity index (χ2n) is 3.36. The van der Waals surface area contributed by atoms with Crippen molar-refractivity contribution in [1.29, 1.82) is 0 Å². The normalized spacial score (nSPS) is 11.8. The third-order valence-corrected chi connectivity index (χ3v) is 2.91. The van der Waals surface area contributed by atoms with Gasteiger partial charge in [0.2, 0.25) is 0 Å². The van der Waals surface area contributed by atoms with Gasteiger partial charge >= 0.3 is 0 Å². The van der Waals surface area contributed by atoms with Gasteiger partial charge in [0.15, 0.2) is 10.7 Å². The maximum Gasteiger partial charge on any atom is 0.168 e. The third-order valence-electron chi connectivity index (χ3n) is 2.13. The Morgan fingerprint density at radius 3 is 2.47 bits per heavy atom. The summed E-state index contributed by atoms with van der Waals surface area (Å²) < 4.78 is 22.1. The van der Waals surface area contributed by atoms with Crippen LogP contribution < -0.4 is 0 Å². The van der Waals surface area contributed by atoms with Gasteiger partial charge in [0, 0.05) is 0 Å². The van der Waals surface area contributed by atoms with Crippen LogP contribution in [0.5, 0.6) is 0 Å². The summed E-state index contributed by atoms with van der Waals surface area (Å²) in [5.74, 6) is 0. The Balaban J connectivity index is 3.36. The molecule has 0 amide bonds. The van der Waals surface area contributed by atoms with E-state index in [-0.39, 0.29) is 0 Å². The number of rotatable bonds is 3. The molecule has 80 valence electrons. The van der Waals surface area contributed by atoms with Gasteiger partial charge in [-0.25, -0.2) is 8.42 Å². The molecule has 15 heavy (non-hydrogen) atoms. The molecule has 0 aliphatic heterocycles. The van der Waals surface area contributed by atoms with Crippen molar-refractivity contribution in [2.75, 3.05) is 0 Å². The minimum atomic E-state index is -2.58. The highest BCUT2D eigenvalue weighted by molar-refractivity contribution is 7.83. The molecule has 2 nitrogen and oxygen atoms in total. The van der Waals surface area contributed by atoms with Crippen molar-refractivity contribution < 1.29 is 8.42 Å². The Morgan fingerprint density at radius 1 is 1.33 bits per heavy atom. The Kier molecular flexibility index (Phi) is 3.86. The molecule has 1 aromatic carbocycles. The molecular weight excluding hydrogens is 208 g/mol. The summed E-state index contributed by atoms with van der Waals surface area (Å²) in [4.78, 5) is 0.317. The van der Waals surface area contributed by atoms with Gasteiger partial charge in [-0.05, 0) is 31.1 Å². The van der Waals surface area contributed by atoms with E-state index in [2.05, 4.69) is 6.58 Å². The summed E-state index contributed by atoms with van der Waals surface area (Å²) in [5.41, 5.74) is 2.83. The summed E-state index contributed by atoms with van der Waals surface area (Å²) in [6.45, 7) is 7.39. The van der Waals surface area contributed by atoms with Crippen molar-refractivity contribution in [3.63, 3.8) is 0 Å². The fraction of sp³-hybridized carbons (Fsp3) is 0.167. The summed E-state index contributed by atoms with van der Waals surface area (Å²) in [6, 6.07) is 5.69. The topological polar surface area (TPSA) is 34.1 Å². The fourth-order valence-corrected chi connectivity index (χ4v) is 2.14. The molecule has 0 heterocycles. The van der Waals surface area contributed by atoms with Crippen LogP contribution in [-0.2, 0) is 10.7 Å². The Labute approximate surface area is 91.9 Å². The van der Waals surface area contributed by atoms with Crippen molar-refractivity contribution in [3.8, 4) is 0 Å². The second kappa shape index (κ2) is 4.94. The summed E-state index contributed by atoms with van der Waals surface area (Å²) in [7, 11) is -2.58. The lowest BCUT2D eigenvalue weighted by atomic mass is 10.1. The van der Waals surface area contributed by atoms with Crippen molar-refractivity contribution in [3.05, 3.63) is 53.6 Å². The molecule has 0 radical (unpaired) electrons. The Morgan fingerprint density at radius 2 is 2.00 bits per heavy atom. The zero-order chi connectivity index (χ0) is 11.4. The Bertz CT molecular complexity index is 474. The van der Waals surface area contributed by atoms with Gasteiger partial charge in [-0.1, -0.05) is 36.4 Å². The van der Waals surface area contributed by atoms with Crippen molar-refractivity contribution in [2.45, 2.75) is 13.8 Å². The highest BCUT2D eigenvalue weighted by atomic mass is 32.2. The van der Waals surface area contributed by atoms with Gasteiger partial charge in [-0.3, -0.25) is 0 Å². The molecule has 0 atom stereocenters. The van der Waals surface area contributed by atoms with Crippen molar-refractivity contribution in [1.82, 2.24) is 0 Å². The minimum Gasteiger partial charge on any atom is -0.227 e. The number of allylic oxidation sites excluding steroid dienone is 2. The fourth-order valence-electron chi connectivity index (χ4n) is 1.46. The van der Waals surface area contributed by atoms with Crippen LogP contribution >= 0.6 is 0 Å². The summed E-state index contributed by atoms with van der Waals surface area (Å²) in [6.07, 6.45) is 3.00. The summed E-state index contributed by atoms with van der Waals surface area (Å²) in [5, 5.41) is 0. The monoisotopic (exact) mass is 222 g/mol. The first-order valence-corrected chi connectivity index (χ1v) is 5.78. The van der Waals surface area contributed by atoms with Gasteiger partial charge < -0.3 is 0 Å². The molecule has 1 aromatic rings. The van der Waals surface area contributed by atoms with E-state index in [9.17, 15) is 8.42 Å². The maximum atomic E-state index is 11.0. The van der Waals surface area contributed by atoms with E-state index in [0.717, 1.165) is 16.7 Å². The van der Waals surface area contributed by atoms with Gasteiger partial charge in [0.1, 0.15) is 0 Å². The van der Waals surface area contributed by atoms with Crippen LogP contribution in [0.2, 0.25) is 0 Å². The van der Waals surface area contributed by atoms with E-state index in [1.54, 1.807) is 0 Å². The third kappa shape index (κ3) is 2.80. The molecular formula is C12H14O2S. The first-order chi connectivity index (χ1) is 7.06. The molecule has 0 saturated carbocycles. The van der Waals surface area contributed by atoms with Crippen LogP contribution in [-0.4, -0.2) is 8.42 Å². The molecule has 1 rings (SSSR count). The first kappa shape index (κ1) is 11.7. The number of hydrogen-bond donors (Lipinski definition) is 1. The van der Waals surface area contributed by atoms with Crippen LogP contribution in [0.25, 0.3) is 4.91 Å². The number of hydrogen-bond acceptors (Lipinski definition) is 2. The molecule has 0 saturated heterocycles. The van der Waals surface area contributed by atoms with Crippen LogP contribution in [0.3, 0.4) is 0 Å². The lowest BCUT2D eigenvalue weighted by molar-refractivity contribution is 0.623. The molecule has 0 aromatic heterocycles. The van der Waals surface area contributed by atoms with Gasteiger partial charge in [0.25, 0.3) is 0 Å². The van der Waals surface area contributed by atoms with Gasteiger partial charge in [-0.2, -0.15) is 0 Å². The molecule has 0 spiro atoms. The maximum absolute atomic E-state index is 11.0. The molecule has 0 unspecified atom stereocenters. The zero-order valence-corrected chi connectivity index (χ0v) is 9.75. The minimum absolute atomic E-state index is 0.317. The predicted octanol–water partition coefficient (Wildman–Crippen LogP) is 2.44. The van der Waals surface area contributed by atoms with E-state index in [1.807, 2.05) is 32.0 Å². The highest BCUT2D eigenvalue weighted by Gasteiger charge is 2.06. The number of aryl methyl sites for hydroxylation is 2. The standard InChI is InChI=1S/C12H14O2S/c1-4-5-12(15(13)14)11-7-6-9(2)8-10(11)3/h4-8,15H,1H2,2-3H3/b12-5+. The quantitative estimate of drug-likeness (QED) is 0.629. The molecule has 3 heteroatoms. The van der Waals surface area contributed by atoms with E-state index in [4.69, 9.17) is 0 Å². The average molecular weight is 222 g/mol. The SMILES string of the molecule is C=C/C=C(\c1ccc(C)cc1C)[SH](=O)=O. The van der Waals surface area contributed by atoms with Crippen LogP contribution in [0.1, 0.15) is 16.7 Å². The molecule has 0 aliphatic carbocycles. The molecule has 0 fully saturated rings. The van der Waals surface area contributed by atoms with Crippen LogP contribution in [0.4, 0.5) is 0 Å². The van der Waals surface area contributed by atoms with Crippen LogP contribution in [0.15, 0.2) is 36.9 Å². The van der Waals surface area contributed by atoms with Crippen molar-refractivity contribution in [2.24, 2.45) is 0 Å². The first-order valence-electron chi connectivity index (χ1n) is 4.61.